The second-order valence-electron chi connectivity index (χ2n) is 6.90. The minimum absolute atomic E-state index is 0.0377. The Kier molecular flexibility index (Phi) is 4.62. The lowest BCUT2D eigenvalue weighted by Gasteiger charge is -2.23. The number of fused-ring (bicyclic) bond motifs is 2. The summed E-state index contributed by atoms with van der Waals surface area (Å²) in [6, 6.07) is 9.89. The van der Waals surface area contributed by atoms with Crippen LogP contribution in [0.4, 0.5) is 10.6 Å². The van der Waals surface area contributed by atoms with Crippen molar-refractivity contribution in [2.24, 2.45) is 0 Å². The number of para-hydroxylation sites is 2. The molecule has 3 aromatic rings. The first-order valence-corrected chi connectivity index (χ1v) is 9.07. The van der Waals surface area contributed by atoms with Crippen LogP contribution in [0.2, 0.25) is 0 Å². The van der Waals surface area contributed by atoms with Crippen LogP contribution < -0.4 is 5.32 Å². The number of hydrogen-bond donors (Lipinski definition) is 1. The van der Waals surface area contributed by atoms with Gasteiger partial charge in [-0.05, 0) is 24.6 Å². The van der Waals surface area contributed by atoms with Crippen molar-refractivity contribution in [3.05, 3.63) is 47.9 Å². The van der Waals surface area contributed by atoms with Gasteiger partial charge in [-0.25, -0.2) is 9.78 Å². The quantitative estimate of drug-likeness (QED) is 0.771. The number of nitrogens with zero attached hydrogens (tertiary/aromatic N) is 6. The monoisotopic (exact) mass is 365 g/mol. The summed E-state index contributed by atoms with van der Waals surface area (Å²) >= 11 is 0. The second kappa shape index (κ2) is 7.22. The lowest BCUT2D eigenvalue weighted by atomic mass is 10.3. The van der Waals surface area contributed by atoms with Gasteiger partial charge in [-0.2, -0.15) is 5.10 Å². The predicted octanol–water partition coefficient (Wildman–Crippen LogP) is 2.33. The molecule has 1 aliphatic rings. The van der Waals surface area contributed by atoms with Crippen LogP contribution in [0.25, 0.3) is 11.0 Å². The minimum atomic E-state index is 0.0377. The first-order chi connectivity index (χ1) is 13.1. The second-order valence-corrected chi connectivity index (χ2v) is 6.90. The molecule has 0 spiro atoms. The molecule has 8 nitrogen and oxygen atoms in total. The summed E-state index contributed by atoms with van der Waals surface area (Å²) in [4.78, 5) is 24.8. The average Bonchev–Trinajstić information content (AvgIpc) is 2.95. The molecular weight excluding hydrogens is 342 g/mol. The molecule has 8 heteroatoms. The van der Waals surface area contributed by atoms with Crippen LogP contribution in [0.1, 0.15) is 17.8 Å². The summed E-state index contributed by atoms with van der Waals surface area (Å²) in [6.07, 6.45) is 2.64. The third kappa shape index (κ3) is 3.69. The van der Waals surface area contributed by atoms with Gasteiger partial charge < -0.3 is 15.1 Å². The van der Waals surface area contributed by atoms with Gasteiger partial charge in [0, 0.05) is 27.2 Å². The van der Waals surface area contributed by atoms with Crippen LogP contribution in [0.3, 0.4) is 0 Å². The molecule has 1 aliphatic heterocycles. The van der Waals surface area contributed by atoms with Crippen LogP contribution in [-0.2, 0) is 19.6 Å². The molecule has 3 heterocycles. The summed E-state index contributed by atoms with van der Waals surface area (Å²) in [5.41, 5.74) is 3.73. The Morgan fingerprint density at radius 2 is 2.04 bits per heavy atom. The van der Waals surface area contributed by atoms with Crippen LogP contribution in [0.5, 0.6) is 0 Å². The van der Waals surface area contributed by atoms with E-state index >= 15 is 0 Å². The first-order valence-electron chi connectivity index (χ1n) is 9.07. The number of amides is 2. The van der Waals surface area contributed by atoms with Crippen molar-refractivity contribution in [3.8, 4) is 0 Å². The zero-order valence-electron chi connectivity index (χ0n) is 15.6. The largest absolute Gasteiger partial charge is 0.363 e. The Labute approximate surface area is 157 Å². The molecular formula is C19H23N7O. The SMILES string of the molecule is CN(C)C(=O)N1CCCn2nc(CNc3cnc4ccccc4n3)cc2C1. The Hall–Kier alpha value is -3.16. The highest BCUT2D eigenvalue weighted by atomic mass is 16.2. The van der Waals surface area contributed by atoms with Gasteiger partial charge in [-0.15, -0.1) is 0 Å². The zero-order chi connectivity index (χ0) is 18.8. The Morgan fingerprint density at radius 3 is 2.85 bits per heavy atom. The van der Waals surface area contributed by atoms with E-state index in [9.17, 15) is 4.79 Å². The van der Waals surface area contributed by atoms with Gasteiger partial charge in [-0.3, -0.25) is 9.67 Å². The predicted molar refractivity (Wildman–Crippen MR) is 103 cm³/mol. The van der Waals surface area contributed by atoms with E-state index in [1.807, 2.05) is 33.8 Å². The Balaban J connectivity index is 1.46. The number of aryl methyl sites for hydroxylation is 1. The van der Waals surface area contributed by atoms with Crippen molar-refractivity contribution in [2.45, 2.75) is 26.1 Å². The van der Waals surface area contributed by atoms with Crippen molar-refractivity contribution in [2.75, 3.05) is 26.0 Å². The molecule has 0 unspecified atom stereocenters. The lowest BCUT2D eigenvalue weighted by Crippen LogP contribution is -2.38. The van der Waals surface area contributed by atoms with E-state index in [1.165, 1.54) is 0 Å². The van der Waals surface area contributed by atoms with Crippen LogP contribution in [0, 0.1) is 0 Å². The Bertz CT molecular complexity index is 966. The van der Waals surface area contributed by atoms with E-state index in [4.69, 9.17) is 0 Å². The highest BCUT2D eigenvalue weighted by Crippen LogP contribution is 2.16. The van der Waals surface area contributed by atoms with Crippen molar-refractivity contribution in [3.63, 3.8) is 0 Å². The maximum absolute atomic E-state index is 12.3. The molecule has 2 aromatic heterocycles. The molecule has 4 rings (SSSR count). The highest BCUT2D eigenvalue weighted by Gasteiger charge is 2.21. The summed E-state index contributed by atoms with van der Waals surface area (Å²) in [5, 5.41) is 7.97. The molecule has 27 heavy (non-hydrogen) atoms. The first kappa shape index (κ1) is 17.3. The number of rotatable bonds is 3. The third-order valence-electron chi connectivity index (χ3n) is 4.62. The van der Waals surface area contributed by atoms with E-state index < -0.39 is 0 Å². The molecule has 1 N–H and O–H groups in total. The fraction of sp³-hybridized carbons (Fsp3) is 0.368. The highest BCUT2D eigenvalue weighted by molar-refractivity contribution is 5.75. The van der Waals surface area contributed by atoms with E-state index in [-0.39, 0.29) is 6.03 Å². The average molecular weight is 365 g/mol. The normalized spacial score (nSPS) is 13.9. The number of carbonyl (C=O) groups is 1. The lowest BCUT2D eigenvalue weighted by molar-refractivity contribution is 0.169. The summed E-state index contributed by atoms with van der Waals surface area (Å²) in [7, 11) is 3.56. The third-order valence-corrected chi connectivity index (χ3v) is 4.62. The maximum atomic E-state index is 12.3. The molecule has 0 bridgehead atoms. The molecule has 0 radical (unpaired) electrons. The topological polar surface area (TPSA) is 79.2 Å². The van der Waals surface area contributed by atoms with Crippen LogP contribution >= 0.6 is 0 Å². The van der Waals surface area contributed by atoms with Crippen molar-refractivity contribution < 1.29 is 4.79 Å². The van der Waals surface area contributed by atoms with Gasteiger partial charge >= 0.3 is 6.03 Å². The van der Waals surface area contributed by atoms with Gasteiger partial charge in [0.2, 0.25) is 0 Å². The van der Waals surface area contributed by atoms with E-state index in [0.717, 1.165) is 47.7 Å². The van der Waals surface area contributed by atoms with Gasteiger partial charge in [0.1, 0.15) is 5.82 Å². The summed E-state index contributed by atoms with van der Waals surface area (Å²) in [5.74, 6) is 0.723. The van der Waals surface area contributed by atoms with Crippen molar-refractivity contribution >= 4 is 22.9 Å². The van der Waals surface area contributed by atoms with Crippen molar-refractivity contribution in [1.82, 2.24) is 29.5 Å². The fourth-order valence-corrected chi connectivity index (χ4v) is 3.28. The smallest absolute Gasteiger partial charge is 0.319 e. The van der Waals surface area contributed by atoms with E-state index in [0.29, 0.717) is 13.1 Å². The van der Waals surface area contributed by atoms with E-state index in [2.05, 4.69) is 26.4 Å². The Morgan fingerprint density at radius 1 is 1.22 bits per heavy atom. The fourth-order valence-electron chi connectivity index (χ4n) is 3.28. The summed E-state index contributed by atoms with van der Waals surface area (Å²) in [6.45, 7) is 2.72. The maximum Gasteiger partial charge on any atom is 0.319 e. The minimum Gasteiger partial charge on any atom is -0.363 e. The molecule has 2 amide bonds. The van der Waals surface area contributed by atoms with Crippen LogP contribution in [-0.4, -0.2) is 56.2 Å². The number of urea groups is 1. The van der Waals surface area contributed by atoms with Gasteiger partial charge in [0.05, 0.1) is 41.7 Å². The molecule has 140 valence electrons. The molecule has 0 saturated carbocycles. The number of carbonyl (C=O) groups excluding carboxylic acids is 1. The number of benzene rings is 1. The standard InChI is InChI=1S/C19H23N7O/c1-24(2)19(27)25-8-5-9-26-15(13-25)10-14(23-26)11-21-18-12-20-16-6-3-4-7-17(16)22-18/h3-4,6-7,10,12H,5,8-9,11,13H2,1-2H3,(H,21,22). The number of nitrogens with one attached hydrogen (secondary N) is 1. The van der Waals surface area contributed by atoms with Gasteiger partial charge in [0.15, 0.2) is 0 Å². The van der Waals surface area contributed by atoms with Crippen LogP contribution in [0.15, 0.2) is 36.5 Å². The molecule has 0 fully saturated rings. The molecule has 0 atom stereocenters. The number of aromatic nitrogens is 4. The number of hydrogen-bond acceptors (Lipinski definition) is 5. The molecule has 1 aromatic carbocycles. The molecule has 0 aliphatic carbocycles. The van der Waals surface area contributed by atoms with E-state index in [1.54, 1.807) is 25.2 Å². The zero-order valence-corrected chi connectivity index (χ0v) is 15.6. The van der Waals surface area contributed by atoms with Crippen molar-refractivity contribution in [1.29, 1.82) is 0 Å². The van der Waals surface area contributed by atoms with Gasteiger partial charge in [-0.1, -0.05) is 12.1 Å². The number of anilines is 1. The molecule has 0 saturated heterocycles. The van der Waals surface area contributed by atoms with Gasteiger partial charge in [0.25, 0.3) is 0 Å². The summed E-state index contributed by atoms with van der Waals surface area (Å²) < 4.78 is 2.01.